The molecule has 1 aliphatic rings. The number of amides is 1. The summed E-state index contributed by atoms with van der Waals surface area (Å²) in [6.45, 7) is 0.752. The van der Waals surface area contributed by atoms with Crippen molar-refractivity contribution in [1.82, 2.24) is 5.32 Å². The molecule has 0 atom stereocenters. The van der Waals surface area contributed by atoms with E-state index >= 15 is 0 Å². The van der Waals surface area contributed by atoms with E-state index in [1.165, 1.54) is 12.8 Å². The SMILES string of the molecule is O=C(NCC1(CCBr)CC1)c1cc(Cl)cc(Br)c1. The molecule has 18 heavy (non-hydrogen) atoms. The number of carbonyl (C=O) groups excluding carboxylic acids is 1. The van der Waals surface area contributed by atoms with Crippen molar-refractivity contribution in [1.29, 1.82) is 0 Å². The first-order valence-corrected chi connectivity index (χ1v) is 8.14. The Morgan fingerprint density at radius 3 is 2.67 bits per heavy atom. The van der Waals surface area contributed by atoms with E-state index in [0.29, 0.717) is 16.0 Å². The molecule has 1 aromatic carbocycles. The zero-order valence-corrected chi connectivity index (χ0v) is 13.7. The largest absolute Gasteiger partial charge is 0.351 e. The third kappa shape index (κ3) is 3.72. The van der Waals surface area contributed by atoms with Gasteiger partial charge in [-0.05, 0) is 42.9 Å². The van der Waals surface area contributed by atoms with Crippen LogP contribution in [0.5, 0.6) is 0 Å². The highest BCUT2D eigenvalue weighted by Gasteiger charge is 2.41. The molecule has 1 saturated carbocycles. The molecule has 0 aliphatic heterocycles. The molecular weight excluding hydrogens is 381 g/mol. The maximum absolute atomic E-state index is 12.0. The number of hydrogen-bond acceptors (Lipinski definition) is 1. The molecule has 0 radical (unpaired) electrons. The van der Waals surface area contributed by atoms with Crippen molar-refractivity contribution >= 4 is 49.4 Å². The average molecular weight is 396 g/mol. The summed E-state index contributed by atoms with van der Waals surface area (Å²) < 4.78 is 0.821. The smallest absolute Gasteiger partial charge is 0.251 e. The number of carbonyl (C=O) groups is 1. The van der Waals surface area contributed by atoms with Crippen LogP contribution in [-0.4, -0.2) is 17.8 Å². The van der Waals surface area contributed by atoms with Crippen molar-refractivity contribution < 1.29 is 4.79 Å². The summed E-state index contributed by atoms with van der Waals surface area (Å²) in [4.78, 5) is 12.0. The van der Waals surface area contributed by atoms with Crippen LogP contribution >= 0.6 is 43.5 Å². The highest BCUT2D eigenvalue weighted by atomic mass is 79.9. The average Bonchev–Trinajstić information content (AvgIpc) is 3.06. The minimum absolute atomic E-state index is 0.0564. The van der Waals surface area contributed by atoms with E-state index in [9.17, 15) is 4.79 Å². The third-order valence-electron chi connectivity index (χ3n) is 3.33. The summed E-state index contributed by atoms with van der Waals surface area (Å²) in [6.07, 6.45) is 3.53. The number of nitrogens with one attached hydrogen (secondary N) is 1. The molecule has 1 aliphatic carbocycles. The van der Waals surface area contributed by atoms with Gasteiger partial charge in [0.25, 0.3) is 5.91 Å². The third-order valence-corrected chi connectivity index (χ3v) is 4.40. The van der Waals surface area contributed by atoms with Gasteiger partial charge in [-0.3, -0.25) is 4.79 Å². The molecule has 5 heteroatoms. The van der Waals surface area contributed by atoms with Crippen LogP contribution in [0, 0.1) is 5.41 Å². The van der Waals surface area contributed by atoms with Crippen LogP contribution in [0.2, 0.25) is 5.02 Å². The molecule has 1 N–H and O–H groups in total. The molecule has 0 heterocycles. The van der Waals surface area contributed by atoms with Gasteiger partial charge in [0.2, 0.25) is 0 Å². The van der Waals surface area contributed by atoms with E-state index in [-0.39, 0.29) is 5.91 Å². The first kappa shape index (κ1) is 14.4. The molecule has 0 aromatic heterocycles. The van der Waals surface area contributed by atoms with E-state index in [4.69, 9.17) is 11.6 Å². The number of benzene rings is 1. The standard InChI is InChI=1S/C13H14Br2ClNO/c14-4-3-13(1-2-13)8-17-12(18)9-5-10(15)7-11(16)6-9/h5-7H,1-4,8H2,(H,17,18). The Labute approximate surface area is 129 Å². The molecule has 1 aromatic rings. The van der Waals surface area contributed by atoms with E-state index in [2.05, 4.69) is 37.2 Å². The van der Waals surface area contributed by atoms with Crippen LogP contribution in [0.3, 0.4) is 0 Å². The van der Waals surface area contributed by atoms with E-state index in [0.717, 1.165) is 22.8 Å². The van der Waals surface area contributed by atoms with Crippen molar-refractivity contribution in [2.75, 3.05) is 11.9 Å². The Bertz CT molecular complexity index is 440. The molecule has 0 saturated heterocycles. The van der Waals surface area contributed by atoms with Gasteiger partial charge in [0.1, 0.15) is 0 Å². The molecule has 2 nitrogen and oxygen atoms in total. The van der Waals surface area contributed by atoms with Gasteiger partial charge in [-0.25, -0.2) is 0 Å². The lowest BCUT2D eigenvalue weighted by Gasteiger charge is -2.14. The highest BCUT2D eigenvalue weighted by molar-refractivity contribution is 9.10. The van der Waals surface area contributed by atoms with Gasteiger partial charge in [-0.1, -0.05) is 43.5 Å². The lowest BCUT2D eigenvalue weighted by Crippen LogP contribution is -2.30. The number of hydrogen-bond donors (Lipinski definition) is 1. The first-order valence-electron chi connectivity index (χ1n) is 5.85. The van der Waals surface area contributed by atoms with E-state index in [1.807, 2.05) is 0 Å². The molecular formula is C13H14Br2ClNO. The summed E-state index contributed by atoms with van der Waals surface area (Å²) in [7, 11) is 0. The Morgan fingerprint density at radius 2 is 2.11 bits per heavy atom. The molecule has 0 unspecified atom stereocenters. The molecule has 98 valence electrons. The van der Waals surface area contributed by atoms with Crippen LogP contribution in [-0.2, 0) is 0 Å². The van der Waals surface area contributed by atoms with E-state index < -0.39 is 0 Å². The minimum Gasteiger partial charge on any atom is -0.351 e. The monoisotopic (exact) mass is 393 g/mol. The Kier molecular flexibility index (Phi) is 4.73. The molecule has 2 rings (SSSR count). The van der Waals surface area contributed by atoms with Gasteiger partial charge in [0, 0.05) is 26.9 Å². The lowest BCUT2D eigenvalue weighted by atomic mass is 10.0. The fraction of sp³-hybridized carbons (Fsp3) is 0.462. The van der Waals surface area contributed by atoms with Crippen molar-refractivity contribution in [3.63, 3.8) is 0 Å². The summed E-state index contributed by atoms with van der Waals surface area (Å²) >= 11 is 12.7. The van der Waals surface area contributed by atoms with Crippen LogP contribution in [0.4, 0.5) is 0 Å². The van der Waals surface area contributed by atoms with Gasteiger partial charge in [-0.2, -0.15) is 0 Å². The topological polar surface area (TPSA) is 29.1 Å². The van der Waals surface area contributed by atoms with E-state index in [1.54, 1.807) is 18.2 Å². The predicted octanol–water partition coefficient (Wildman–Crippen LogP) is 4.40. The van der Waals surface area contributed by atoms with Gasteiger partial charge in [-0.15, -0.1) is 0 Å². The number of rotatable bonds is 5. The number of halogens is 3. The second kappa shape index (κ2) is 5.93. The summed E-state index contributed by atoms with van der Waals surface area (Å²) in [5, 5.41) is 4.56. The van der Waals surface area contributed by atoms with Gasteiger partial charge < -0.3 is 5.32 Å². The quantitative estimate of drug-likeness (QED) is 0.736. The van der Waals surface area contributed by atoms with Crippen LogP contribution in [0.1, 0.15) is 29.6 Å². The highest BCUT2D eigenvalue weighted by Crippen LogP contribution is 2.48. The summed E-state index contributed by atoms with van der Waals surface area (Å²) in [6, 6.07) is 5.24. The maximum atomic E-state index is 12.0. The second-order valence-electron chi connectivity index (χ2n) is 4.78. The zero-order valence-electron chi connectivity index (χ0n) is 9.81. The lowest BCUT2D eigenvalue weighted by molar-refractivity contribution is 0.0944. The predicted molar refractivity (Wildman–Crippen MR) is 81.6 cm³/mol. The van der Waals surface area contributed by atoms with Crippen molar-refractivity contribution in [3.8, 4) is 0 Å². The molecule has 1 fully saturated rings. The minimum atomic E-state index is -0.0564. The fourth-order valence-corrected chi connectivity index (χ4v) is 3.65. The first-order chi connectivity index (χ1) is 8.54. The summed E-state index contributed by atoms with van der Waals surface area (Å²) in [5.41, 5.74) is 0.929. The number of alkyl halides is 1. The van der Waals surface area contributed by atoms with Crippen LogP contribution in [0.25, 0.3) is 0 Å². The van der Waals surface area contributed by atoms with Gasteiger partial charge >= 0.3 is 0 Å². The van der Waals surface area contributed by atoms with Crippen LogP contribution < -0.4 is 5.32 Å². The normalized spacial score (nSPS) is 16.4. The molecule has 1 amide bonds. The maximum Gasteiger partial charge on any atom is 0.251 e. The molecule has 0 bridgehead atoms. The van der Waals surface area contributed by atoms with Crippen molar-refractivity contribution in [2.45, 2.75) is 19.3 Å². The van der Waals surface area contributed by atoms with Crippen molar-refractivity contribution in [3.05, 3.63) is 33.3 Å². The summed E-state index contributed by atoms with van der Waals surface area (Å²) in [5.74, 6) is -0.0564. The van der Waals surface area contributed by atoms with Crippen molar-refractivity contribution in [2.24, 2.45) is 5.41 Å². The van der Waals surface area contributed by atoms with Gasteiger partial charge in [0.15, 0.2) is 0 Å². The van der Waals surface area contributed by atoms with Gasteiger partial charge in [0.05, 0.1) is 0 Å². The Hall–Kier alpha value is -0.0600. The molecule has 0 spiro atoms. The second-order valence-corrected chi connectivity index (χ2v) is 6.92. The fourth-order valence-electron chi connectivity index (χ4n) is 1.95. The van der Waals surface area contributed by atoms with Crippen LogP contribution in [0.15, 0.2) is 22.7 Å². The Morgan fingerprint density at radius 1 is 1.39 bits per heavy atom. The Balaban J connectivity index is 1.95. The zero-order chi connectivity index (χ0) is 13.2.